The first-order valence-corrected chi connectivity index (χ1v) is 10.8. The number of carboxylic acid groups (broad SMARTS) is 1. The highest BCUT2D eigenvalue weighted by Crippen LogP contribution is 2.47. The number of carbonyl (C=O) groups excluding carboxylic acids is 1. The number of anilines is 1. The Balaban J connectivity index is 1.52. The molecule has 2 bridgehead atoms. The molecule has 0 saturated heterocycles. The molecule has 0 aliphatic heterocycles. The van der Waals surface area contributed by atoms with Gasteiger partial charge in [-0.1, -0.05) is 5.16 Å². The molecule has 1 amide bonds. The van der Waals surface area contributed by atoms with E-state index in [0.29, 0.717) is 22.2 Å². The number of amides is 1. The number of nitrogens with zero attached hydrogens (tertiary/aromatic N) is 2. The molecule has 8 nitrogen and oxygen atoms in total. The summed E-state index contributed by atoms with van der Waals surface area (Å²) in [6.45, 7) is 0. The Hall–Kier alpha value is -2.68. The average Bonchev–Trinajstić information content (AvgIpc) is 3.35. The lowest BCUT2D eigenvalue weighted by Crippen LogP contribution is -2.34. The van der Waals surface area contributed by atoms with E-state index >= 15 is 0 Å². The van der Waals surface area contributed by atoms with Crippen molar-refractivity contribution in [3.8, 4) is 11.4 Å². The molecule has 2 N–H and O–H groups in total. The van der Waals surface area contributed by atoms with Crippen molar-refractivity contribution in [1.82, 2.24) is 10.1 Å². The Morgan fingerprint density at radius 2 is 1.93 bits per heavy atom. The van der Waals surface area contributed by atoms with Crippen molar-refractivity contribution in [3.63, 3.8) is 0 Å². The molecule has 1 fully saturated rings. The van der Waals surface area contributed by atoms with Gasteiger partial charge in [0.2, 0.25) is 12.2 Å². The third kappa shape index (κ3) is 3.23. The summed E-state index contributed by atoms with van der Waals surface area (Å²) in [4.78, 5) is 29.9. The van der Waals surface area contributed by atoms with Gasteiger partial charge in [0.15, 0.2) is 0 Å². The second-order valence-electron chi connectivity index (χ2n) is 7.82. The molecule has 1 saturated carbocycles. The number of hydrogen-bond acceptors (Lipinski definition) is 7. The fourth-order valence-electron chi connectivity index (χ4n) is 4.94. The lowest BCUT2D eigenvalue weighted by atomic mass is 9.70. The van der Waals surface area contributed by atoms with Gasteiger partial charge >= 0.3 is 6.16 Å². The maximum Gasteiger partial charge on any atom is 0.511 e. The van der Waals surface area contributed by atoms with E-state index in [0.717, 1.165) is 56.9 Å². The van der Waals surface area contributed by atoms with Crippen molar-refractivity contribution in [1.29, 1.82) is 0 Å². The van der Waals surface area contributed by atoms with E-state index in [2.05, 4.69) is 15.5 Å². The Labute approximate surface area is 170 Å². The highest BCUT2D eigenvalue weighted by molar-refractivity contribution is 7.17. The third-order valence-corrected chi connectivity index (χ3v) is 7.40. The number of thiophene rings is 1. The summed E-state index contributed by atoms with van der Waals surface area (Å²) in [5.41, 5.74) is 2.49. The maximum absolute atomic E-state index is 13.3. The molecule has 2 aromatic heterocycles. The Morgan fingerprint density at radius 1 is 1.17 bits per heavy atom. The van der Waals surface area contributed by atoms with Crippen molar-refractivity contribution in [2.75, 3.05) is 5.32 Å². The zero-order chi connectivity index (χ0) is 20.0. The van der Waals surface area contributed by atoms with Crippen molar-refractivity contribution in [2.24, 2.45) is 11.8 Å². The highest BCUT2D eigenvalue weighted by Gasteiger charge is 2.41. The molecular formula is C20H21N3O5S. The van der Waals surface area contributed by atoms with Gasteiger partial charge in [-0.15, -0.1) is 11.3 Å². The fourth-order valence-corrected chi connectivity index (χ4v) is 6.22. The van der Waals surface area contributed by atoms with E-state index in [4.69, 9.17) is 14.4 Å². The molecule has 0 aromatic carbocycles. The van der Waals surface area contributed by atoms with Gasteiger partial charge in [-0.05, 0) is 62.8 Å². The van der Waals surface area contributed by atoms with Crippen LogP contribution in [-0.2, 0) is 22.4 Å². The maximum atomic E-state index is 13.3. The second-order valence-corrected chi connectivity index (χ2v) is 8.92. The Bertz CT molecular complexity index is 986. The number of aromatic nitrogens is 2. The van der Waals surface area contributed by atoms with Crippen LogP contribution in [0.1, 0.15) is 49.0 Å². The topological polar surface area (TPSA) is 115 Å². The molecule has 29 heavy (non-hydrogen) atoms. The number of nitrogens with one attached hydrogen (secondary N) is 1. The molecule has 0 unspecified atom stereocenters. The van der Waals surface area contributed by atoms with Crippen LogP contribution in [0.5, 0.6) is 0 Å². The number of ether oxygens (including phenoxy) is 1. The molecule has 0 spiro atoms. The standard InChI is InChI=1S/C20H21N3O5S/c24-18(14-10-5-7-11(8-6-10)16(14)28-20(25)26)22-19-15(17-21-9-27-23-17)12-3-1-2-4-13(12)29-19/h9-11H,1-8H2,(H,22,24)(H,25,26). The number of fused-ring (bicyclic) bond motifs is 3. The average molecular weight is 415 g/mol. The van der Waals surface area contributed by atoms with E-state index in [1.807, 2.05) is 0 Å². The molecule has 0 atom stereocenters. The summed E-state index contributed by atoms with van der Waals surface area (Å²) in [5, 5.41) is 16.9. The normalized spacial score (nSPS) is 23.0. The SMILES string of the molecule is O=C(O)OC1=C(C(=O)Nc2sc3c(c2-c2ncon2)CCCC3)C2CCC1CC2. The third-order valence-electron chi connectivity index (χ3n) is 6.20. The van der Waals surface area contributed by atoms with Gasteiger partial charge in [0.25, 0.3) is 5.91 Å². The zero-order valence-electron chi connectivity index (χ0n) is 15.8. The lowest BCUT2D eigenvalue weighted by molar-refractivity contribution is -0.114. The minimum Gasteiger partial charge on any atom is -0.449 e. The minimum atomic E-state index is -1.36. The van der Waals surface area contributed by atoms with E-state index < -0.39 is 6.16 Å². The predicted octanol–water partition coefficient (Wildman–Crippen LogP) is 4.38. The molecule has 9 heteroatoms. The second kappa shape index (κ2) is 7.29. The summed E-state index contributed by atoms with van der Waals surface area (Å²) in [7, 11) is 0. The molecule has 2 heterocycles. The summed E-state index contributed by atoms with van der Waals surface area (Å²) < 4.78 is 10.0. The van der Waals surface area contributed by atoms with Gasteiger partial charge in [0.05, 0.1) is 11.1 Å². The molecule has 6 rings (SSSR count). The molecule has 152 valence electrons. The van der Waals surface area contributed by atoms with E-state index in [1.54, 1.807) is 11.3 Å². The predicted molar refractivity (Wildman–Crippen MR) is 104 cm³/mol. The molecule has 0 radical (unpaired) electrons. The fraction of sp³-hybridized carbons (Fsp3) is 0.500. The van der Waals surface area contributed by atoms with Gasteiger partial charge in [-0.3, -0.25) is 4.79 Å². The van der Waals surface area contributed by atoms with Crippen molar-refractivity contribution in [3.05, 3.63) is 28.2 Å². The summed E-state index contributed by atoms with van der Waals surface area (Å²) in [5.74, 6) is 0.572. The van der Waals surface area contributed by atoms with Crippen LogP contribution < -0.4 is 5.32 Å². The Kier molecular flexibility index (Phi) is 4.61. The zero-order valence-corrected chi connectivity index (χ0v) is 16.6. The number of aryl methyl sites for hydroxylation is 1. The molecular weight excluding hydrogens is 394 g/mol. The number of carbonyl (C=O) groups is 2. The van der Waals surface area contributed by atoms with Crippen molar-refractivity contribution < 1.29 is 24.0 Å². The van der Waals surface area contributed by atoms with E-state index in [-0.39, 0.29) is 17.7 Å². The van der Waals surface area contributed by atoms with E-state index in [9.17, 15) is 9.59 Å². The first-order valence-electron chi connectivity index (χ1n) is 9.99. The molecule has 4 aliphatic rings. The van der Waals surface area contributed by atoms with Crippen molar-refractivity contribution in [2.45, 2.75) is 51.4 Å². The number of allylic oxidation sites excluding steroid dienone is 1. The summed E-state index contributed by atoms with van der Waals surface area (Å²) in [6.07, 6.45) is 7.54. The van der Waals surface area contributed by atoms with Gasteiger partial charge in [0.1, 0.15) is 10.8 Å². The monoisotopic (exact) mass is 415 g/mol. The van der Waals surface area contributed by atoms with E-state index in [1.165, 1.54) is 16.8 Å². The number of hydrogen-bond donors (Lipinski definition) is 2. The van der Waals surface area contributed by atoms with Crippen LogP contribution in [0, 0.1) is 11.8 Å². The summed E-state index contributed by atoms with van der Waals surface area (Å²) in [6, 6.07) is 0. The largest absolute Gasteiger partial charge is 0.511 e. The lowest BCUT2D eigenvalue weighted by Gasteiger charge is -2.37. The first-order chi connectivity index (χ1) is 14.1. The smallest absolute Gasteiger partial charge is 0.449 e. The van der Waals surface area contributed by atoms with Crippen LogP contribution in [0.15, 0.2) is 22.2 Å². The van der Waals surface area contributed by atoms with Crippen LogP contribution in [0.3, 0.4) is 0 Å². The first kappa shape index (κ1) is 18.4. The van der Waals surface area contributed by atoms with Gasteiger partial charge in [0, 0.05) is 10.8 Å². The quantitative estimate of drug-likeness (QED) is 0.712. The summed E-state index contributed by atoms with van der Waals surface area (Å²) >= 11 is 1.55. The van der Waals surface area contributed by atoms with Crippen LogP contribution >= 0.6 is 11.3 Å². The van der Waals surface area contributed by atoms with Crippen LogP contribution in [0.2, 0.25) is 0 Å². The highest BCUT2D eigenvalue weighted by atomic mass is 32.1. The van der Waals surface area contributed by atoms with Crippen molar-refractivity contribution >= 4 is 28.4 Å². The van der Waals surface area contributed by atoms with Gasteiger partial charge in [-0.2, -0.15) is 4.98 Å². The van der Waals surface area contributed by atoms with Crippen LogP contribution in [-0.4, -0.2) is 27.3 Å². The molecule has 4 aliphatic carbocycles. The molecule has 2 aromatic rings. The minimum absolute atomic E-state index is 0.00469. The van der Waals surface area contributed by atoms with Gasteiger partial charge < -0.3 is 19.7 Å². The Morgan fingerprint density at radius 3 is 2.66 bits per heavy atom. The van der Waals surface area contributed by atoms with Crippen LogP contribution in [0.4, 0.5) is 9.80 Å². The van der Waals surface area contributed by atoms with Gasteiger partial charge in [-0.25, -0.2) is 4.79 Å². The van der Waals surface area contributed by atoms with Crippen LogP contribution in [0.25, 0.3) is 11.4 Å². The number of rotatable bonds is 4.